The molecular formula is C15H25N2O3S+. The summed E-state index contributed by atoms with van der Waals surface area (Å²) in [5.74, 6) is -0.456. The summed E-state index contributed by atoms with van der Waals surface area (Å²) >= 11 is 1.42. The second-order valence-electron chi connectivity index (χ2n) is 4.89. The normalized spacial score (nSPS) is 10.5. The zero-order valence-corrected chi connectivity index (χ0v) is 14.1. The quantitative estimate of drug-likeness (QED) is 0.568. The van der Waals surface area contributed by atoms with Crippen molar-refractivity contribution in [2.24, 2.45) is 0 Å². The standard InChI is InChI=1S/C15H24N2O3S/c1-5-7-8-16-9-12(18)17-14-13(15(19)20-6-2)10(3)11(4)21-14/h16H,5-9H2,1-4H3,(H,17,18)/p+1. The number of carbonyl (C=O) groups is 2. The van der Waals surface area contributed by atoms with Gasteiger partial charge in [-0.25, -0.2) is 4.79 Å². The average Bonchev–Trinajstić information content (AvgIpc) is 2.70. The van der Waals surface area contributed by atoms with Gasteiger partial charge in [0, 0.05) is 4.88 Å². The second-order valence-corrected chi connectivity index (χ2v) is 6.12. The fourth-order valence-electron chi connectivity index (χ4n) is 1.92. The number of unbranched alkanes of at least 4 members (excludes halogenated alkanes) is 1. The minimum absolute atomic E-state index is 0.0853. The number of anilines is 1. The predicted octanol–water partition coefficient (Wildman–Crippen LogP) is 1.84. The summed E-state index contributed by atoms with van der Waals surface area (Å²) in [6.07, 6.45) is 2.22. The first-order valence-corrected chi connectivity index (χ1v) is 8.21. The lowest BCUT2D eigenvalue weighted by Crippen LogP contribution is -2.86. The summed E-state index contributed by atoms with van der Waals surface area (Å²) in [7, 11) is 0. The van der Waals surface area contributed by atoms with E-state index in [0.717, 1.165) is 29.8 Å². The largest absolute Gasteiger partial charge is 0.462 e. The van der Waals surface area contributed by atoms with Crippen molar-refractivity contribution >= 4 is 28.2 Å². The SMILES string of the molecule is CCCC[NH2+]CC(=O)Nc1sc(C)c(C)c1C(=O)OCC. The van der Waals surface area contributed by atoms with Gasteiger partial charge in [0.1, 0.15) is 5.00 Å². The number of ether oxygens (including phenoxy) is 1. The molecule has 5 nitrogen and oxygen atoms in total. The maximum atomic E-state index is 12.0. The highest BCUT2D eigenvalue weighted by molar-refractivity contribution is 7.16. The number of rotatable bonds is 8. The molecule has 3 N–H and O–H groups in total. The molecule has 1 rings (SSSR count). The number of quaternary nitrogens is 1. The number of amides is 1. The molecular weight excluding hydrogens is 288 g/mol. The summed E-state index contributed by atoms with van der Waals surface area (Å²) in [4.78, 5) is 25.0. The summed E-state index contributed by atoms with van der Waals surface area (Å²) in [5, 5.41) is 5.41. The van der Waals surface area contributed by atoms with Crippen molar-refractivity contribution in [3.63, 3.8) is 0 Å². The van der Waals surface area contributed by atoms with Crippen molar-refractivity contribution in [3.8, 4) is 0 Å². The molecule has 6 heteroatoms. The Morgan fingerprint density at radius 1 is 1.29 bits per heavy atom. The lowest BCUT2D eigenvalue weighted by atomic mass is 10.1. The molecule has 1 aromatic rings. The third-order valence-electron chi connectivity index (χ3n) is 3.21. The molecule has 0 unspecified atom stereocenters. The molecule has 118 valence electrons. The van der Waals surface area contributed by atoms with Crippen LogP contribution in [0.2, 0.25) is 0 Å². The van der Waals surface area contributed by atoms with Crippen LogP contribution in [0.1, 0.15) is 47.5 Å². The molecule has 0 atom stereocenters. The first-order valence-electron chi connectivity index (χ1n) is 7.39. The average molecular weight is 313 g/mol. The van der Waals surface area contributed by atoms with Crippen molar-refractivity contribution in [1.29, 1.82) is 0 Å². The molecule has 0 bridgehead atoms. The molecule has 0 saturated carbocycles. The topological polar surface area (TPSA) is 72.0 Å². The summed E-state index contributed by atoms with van der Waals surface area (Å²) in [5.41, 5.74) is 1.37. The fourth-order valence-corrected chi connectivity index (χ4v) is 2.99. The molecule has 1 aromatic heterocycles. The minimum Gasteiger partial charge on any atom is -0.462 e. The van der Waals surface area contributed by atoms with E-state index < -0.39 is 0 Å². The molecule has 0 aliphatic rings. The highest BCUT2D eigenvalue weighted by Crippen LogP contribution is 2.32. The van der Waals surface area contributed by atoms with Crippen LogP contribution in [0.25, 0.3) is 0 Å². The van der Waals surface area contributed by atoms with Gasteiger partial charge in [-0.2, -0.15) is 0 Å². The van der Waals surface area contributed by atoms with E-state index in [1.165, 1.54) is 11.3 Å². The van der Waals surface area contributed by atoms with Crippen LogP contribution in [0.3, 0.4) is 0 Å². The van der Waals surface area contributed by atoms with Gasteiger partial charge in [0.05, 0.1) is 18.7 Å². The van der Waals surface area contributed by atoms with Crippen LogP contribution in [0, 0.1) is 13.8 Å². The van der Waals surface area contributed by atoms with Gasteiger partial charge in [0.15, 0.2) is 6.54 Å². The van der Waals surface area contributed by atoms with Crippen LogP contribution in [0.15, 0.2) is 0 Å². The van der Waals surface area contributed by atoms with E-state index in [-0.39, 0.29) is 11.9 Å². The van der Waals surface area contributed by atoms with Gasteiger partial charge in [0.25, 0.3) is 5.91 Å². The zero-order valence-electron chi connectivity index (χ0n) is 13.2. The molecule has 0 radical (unpaired) electrons. The van der Waals surface area contributed by atoms with E-state index in [1.807, 2.05) is 19.2 Å². The van der Waals surface area contributed by atoms with Crippen molar-refractivity contribution in [2.45, 2.75) is 40.5 Å². The number of carbonyl (C=O) groups excluding carboxylic acids is 2. The van der Waals surface area contributed by atoms with E-state index >= 15 is 0 Å². The smallest absolute Gasteiger partial charge is 0.341 e. The number of esters is 1. The molecule has 0 spiro atoms. The van der Waals surface area contributed by atoms with Crippen LogP contribution in [-0.4, -0.2) is 31.6 Å². The third-order valence-corrected chi connectivity index (χ3v) is 4.33. The Balaban J connectivity index is 2.72. The van der Waals surface area contributed by atoms with E-state index in [4.69, 9.17) is 4.74 Å². The third kappa shape index (κ3) is 5.13. The summed E-state index contributed by atoms with van der Waals surface area (Å²) < 4.78 is 5.07. The number of hydrogen-bond donors (Lipinski definition) is 2. The van der Waals surface area contributed by atoms with Gasteiger partial charge in [-0.3, -0.25) is 4.79 Å². The Labute approximate surface area is 130 Å². The van der Waals surface area contributed by atoms with Gasteiger partial charge in [-0.05, 0) is 32.8 Å². The Kier molecular flexibility index (Phi) is 7.39. The molecule has 0 fully saturated rings. The zero-order chi connectivity index (χ0) is 15.8. The highest BCUT2D eigenvalue weighted by Gasteiger charge is 2.22. The summed E-state index contributed by atoms with van der Waals surface area (Å²) in [6.45, 7) is 9.35. The van der Waals surface area contributed by atoms with Gasteiger partial charge >= 0.3 is 5.97 Å². The van der Waals surface area contributed by atoms with Gasteiger partial charge < -0.3 is 15.4 Å². The number of aryl methyl sites for hydroxylation is 1. The highest BCUT2D eigenvalue weighted by atomic mass is 32.1. The summed E-state index contributed by atoms with van der Waals surface area (Å²) in [6, 6.07) is 0. The maximum Gasteiger partial charge on any atom is 0.341 e. The second kappa shape index (κ2) is 8.79. The first kappa shape index (κ1) is 17.7. The van der Waals surface area contributed by atoms with Crippen molar-refractivity contribution in [3.05, 3.63) is 16.0 Å². The van der Waals surface area contributed by atoms with Gasteiger partial charge in [-0.1, -0.05) is 13.3 Å². The number of hydrogen-bond acceptors (Lipinski definition) is 4. The Bertz CT molecular complexity index is 497. The van der Waals surface area contributed by atoms with Crippen LogP contribution in [0.5, 0.6) is 0 Å². The van der Waals surface area contributed by atoms with Crippen LogP contribution >= 0.6 is 11.3 Å². The van der Waals surface area contributed by atoms with Gasteiger partial charge in [0.2, 0.25) is 0 Å². The van der Waals surface area contributed by atoms with Crippen LogP contribution < -0.4 is 10.6 Å². The number of nitrogens with one attached hydrogen (secondary N) is 1. The van der Waals surface area contributed by atoms with E-state index in [0.29, 0.717) is 23.7 Å². The molecule has 21 heavy (non-hydrogen) atoms. The molecule has 0 aliphatic heterocycles. The molecule has 0 aromatic carbocycles. The van der Waals surface area contributed by atoms with E-state index in [1.54, 1.807) is 6.92 Å². The Hall–Kier alpha value is -1.40. The molecule has 0 aliphatic carbocycles. The van der Waals surface area contributed by atoms with E-state index in [2.05, 4.69) is 12.2 Å². The predicted molar refractivity (Wildman–Crippen MR) is 84.9 cm³/mol. The number of thiophene rings is 1. The van der Waals surface area contributed by atoms with Gasteiger partial charge in [-0.15, -0.1) is 11.3 Å². The van der Waals surface area contributed by atoms with E-state index in [9.17, 15) is 9.59 Å². The molecule has 1 heterocycles. The molecule has 1 amide bonds. The van der Waals surface area contributed by atoms with Crippen LogP contribution in [-0.2, 0) is 9.53 Å². The lowest BCUT2D eigenvalue weighted by molar-refractivity contribution is -0.643. The van der Waals surface area contributed by atoms with Crippen LogP contribution in [0.4, 0.5) is 5.00 Å². The lowest BCUT2D eigenvalue weighted by Gasteiger charge is -2.06. The maximum absolute atomic E-state index is 12.0. The first-order chi connectivity index (χ1) is 10.0. The Morgan fingerprint density at radius 3 is 2.62 bits per heavy atom. The van der Waals surface area contributed by atoms with Crippen molar-refractivity contribution in [2.75, 3.05) is 25.0 Å². The fraction of sp³-hybridized carbons (Fsp3) is 0.600. The number of nitrogens with two attached hydrogens (primary N) is 1. The molecule has 0 saturated heterocycles. The van der Waals surface area contributed by atoms with Crippen molar-refractivity contribution in [1.82, 2.24) is 0 Å². The minimum atomic E-state index is -0.371. The monoisotopic (exact) mass is 313 g/mol. The Morgan fingerprint density at radius 2 is 2.00 bits per heavy atom. The van der Waals surface area contributed by atoms with Crippen molar-refractivity contribution < 1.29 is 19.6 Å².